The second-order valence-corrected chi connectivity index (χ2v) is 11.8. The van der Waals surface area contributed by atoms with E-state index in [0.717, 1.165) is 40.1 Å². The molecule has 4 rings (SSSR count). The smallest absolute Gasteiger partial charge is 0.249 e. The molecule has 3 nitrogen and oxygen atoms in total. The Kier molecular flexibility index (Phi) is 7.79. The molecule has 0 fully saturated rings. The van der Waals surface area contributed by atoms with Gasteiger partial charge in [0.2, 0.25) is 5.92 Å². The Labute approximate surface area is 221 Å². The molecule has 0 saturated heterocycles. The molecular formula is C31H33F2NO2S. The van der Waals surface area contributed by atoms with E-state index in [2.05, 4.69) is 31.8 Å². The molecule has 0 radical (unpaired) electrons. The van der Waals surface area contributed by atoms with Crippen molar-refractivity contribution in [3.63, 3.8) is 0 Å². The summed E-state index contributed by atoms with van der Waals surface area (Å²) in [6.07, 6.45) is 0.393. The predicted molar refractivity (Wildman–Crippen MR) is 148 cm³/mol. The van der Waals surface area contributed by atoms with Gasteiger partial charge in [-0.15, -0.1) is 11.3 Å². The number of benzene rings is 3. The Morgan fingerprint density at radius 3 is 2.27 bits per heavy atom. The number of alkyl halides is 2. The molecule has 3 aromatic carbocycles. The quantitative estimate of drug-likeness (QED) is 0.221. The monoisotopic (exact) mass is 521 g/mol. The van der Waals surface area contributed by atoms with Crippen molar-refractivity contribution in [2.45, 2.75) is 65.9 Å². The van der Waals surface area contributed by atoms with Gasteiger partial charge in [0.1, 0.15) is 18.1 Å². The molecule has 0 bridgehead atoms. The second kappa shape index (κ2) is 10.7. The molecule has 0 aliphatic rings. The topological polar surface area (TPSA) is 39.2 Å². The molecule has 1 unspecified atom stereocenters. The fourth-order valence-corrected chi connectivity index (χ4v) is 5.17. The highest BCUT2D eigenvalue weighted by Crippen LogP contribution is 2.41. The second-order valence-electron chi connectivity index (χ2n) is 11.1. The molecule has 0 saturated carbocycles. The van der Waals surface area contributed by atoms with Gasteiger partial charge in [-0.05, 0) is 48.3 Å². The van der Waals surface area contributed by atoms with Gasteiger partial charge in [0.05, 0.1) is 11.2 Å². The highest BCUT2D eigenvalue weighted by Gasteiger charge is 2.28. The molecule has 0 amide bonds. The third kappa shape index (κ3) is 7.01. The van der Waals surface area contributed by atoms with Crippen molar-refractivity contribution in [2.75, 3.05) is 0 Å². The number of nitrogens with zero attached hydrogens (tertiary/aromatic N) is 1. The highest BCUT2D eigenvalue weighted by atomic mass is 32.1. The summed E-state index contributed by atoms with van der Waals surface area (Å²) in [6.45, 7) is 9.22. The molecular weight excluding hydrogens is 488 g/mol. The van der Waals surface area contributed by atoms with Crippen LogP contribution in [0.3, 0.4) is 0 Å². The summed E-state index contributed by atoms with van der Waals surface area (Å²) in [4.78, 5) is 17.3. The molecule has 4 aromatic rings. The highest BCUT2D eigenvalue weighted by molar-refractivity contribution is 7.07. The number of aromatic nitrogens is 1. The van der Waals surface area contributed by atoms with Gasteiger partial charge in [0.25, 0.3) is 0 Å². The average molecular weight is 522 g/mol. The fourth-order valence-electron chi connectivity index (χ4n) is 4.61. The van der Waals surface area contributed by atoms with E-state index in [-0.39, 0.29) is 30.1 Å². The van der Waals surface area contributed by atoms with Crippen LogP contribution in [-0.4, -0.2) is 16.7 Å². The van der Waals surface area contributed by atoms with Crippen LogP contribution in [0.25, 0.3) is 22.0 Å². The van der Waals surface area contributed by atoms with Crippen molar-refractivity contribution in [2.24, 2.45) is 5.41 Å². The lowest BCUT2D eigenvalue weighted by atomic mass is 9.79. The van der Waals surface area contributed by atoms with Crippen molar-refractivity contribution < 1.29 is 18.3 Å². The zero-order valence-corrected chi connectivity index (χ0v) is 22.8. The first kappa shape index (κ1) is 26.9. The van der Waals surface area contributed by atoms with Crippen LogP contribution in [0.2, 0.25) is 0 Å². The zero-order chi connectivity index (χ0) is 26.8. The molecule has 0 N–H and O–H groups in total. The van der Waals surface area contributed by atoms with Gasteiger partial charge in [-0.25, -0.2) is 13.8 Å². The van der Waals surface area contributed by atoms with Crippen LogP contribution in [-0.2, 0) is 17.8 Å². The number of ether oxygens (including phenoxy) is 1. The molecule has 0 spiro atoms. The lowest BCUT2D eigenvalue weighted by molar-refractivity contribution is -0.119. The third-order valence-electron chi connectivity index (χ3n) is 6.33. The number of carbonyl (C=O) groups is 1. The molecule has 194 valence electrons. The molecule has 0 aliphatic heterocycles. The molecule has 1 heterocycles. The minimum atomic E-state index is -2.75. The van der Waals surface area contributed by atoms with Gasteiger partial charge in [-0.1, -0.05) is 69.3 Å². The Balaban J connectivity index is 1.75. The Morgan fingerprint density at radius 2 is 1.68 bits per heavy atom. The predicted octanol–water partition coefficient (Wildman–Crippen LogP) is 8.85. The van der Waals surface area contributed by atoms with Gasteiger partial charge < -0.3 is 4.74 Å². The van der Waals surface area contributed by atoms with E-state index in [0.29, 0.717) is 17.7 Å². The minimum absolute atomic E-state index is 0.0534. The van der Waals surface area contributed by atoms with Crippen LogP contribution in [0.15, 0.2) is 65.5 Å². The van der Waals surface area contributed by atoms with Crippen LogP contribution in [0.5, 0.6) is 5.75 Å². The minimum Gasteiger partial charge on any atom is -0.488 e. The van der Waals surface area contributed by atoms with Crippen LogP contribution < -0.4 is 4.74 Å². The van der Waals surface area contributed by atoms with Gasteiger partial charge in [-0.2, -0.15) is 0 Å². The Morgan fingerprint density at radius 1 is 1.00 bits per heavy atom. The average Bonchev–Trinajstić information content (AvgIpc) is 3.35. The number of fused-ring (bicyclic) bond motifs is 1. The van der Waals surface area contributed by atoms with Crippen molar-refractivity contribution in [1.29, 1.82) is 0 Å². The number of carbonyl (C=O) groups excluding carboxylic acids is 1. The van der Waals surface area contributed by atoms with Gasteiger partial charge in [-0.3, -0.25) is 4.79 Å². The van der Waals surface area contributed by atoms with E-state index in [1.165, 1.54) is 0 Å². The van der Waals surface area contributed by atoms with Crippen molar-refractivity contribution in [3.05, 3.63) is 82.2 Å². The summed E-state index contributed by atoms with van der Waals surface area (Å²) < 4.78 is 33.3. The van der Waals surface area contributed by atoms with Gasteiger partial charge >= 0.3 is 0 Å². The number of Topliss-reactive ketones (excluding diaryl/α,β-unsaturated/α-hetero) is 1. The number of hydrogen-bond acceptors (Lipinski definition) is 4. The summed E-state index contributed by atoms with van der Waals surface area (Å²) in [5.74, 6) is -2.28. The fraction of sp³-hybridized carbons (Fsp3) is 0.355. The number of hydrogen-bond donors (Lipinski definition) is 0. The maximum absolute atomic E-state index is 13.4. The first-order valence-electron chi connectivity index (χ1n) is 12.4. The first-order chi connectivity index (χ1) is 17.4. The molecule has 37 heavy (non-hydrogen) atoms. The lowest BCUT2D eigenvalue weighted by Crippen LogP contribution is -2.18. The van der Waals surface area contributed by atoms with Crippen LogP contribution in [0, 0.1) is 5.41 Å². The first-order valence-corrected chi connectivity index (χ1v) is 13.4. The van der Waals surface area contributed by atoms with E-state index in [1.807, 2.05) is 41.8 Å². The maximum Gasteiger partial charge on any atom is 0.249 e. The molecule has 1 aromatic heterocycles. The number of thiazole rings is 1. The van der Waals surface area contributed by atoms with Crippen molar-refractivity contribution in [3.8, 4) is 17.0 Å². The summed E-state index contributed by atoms with van der Waals surface area (Å²) in [7, 11) is 0. The molecule has 6 heteroatoms. The standard InChI is InChI=1S/C31H33F2NO2S/c1-20(35)27(16-30(2,3)4)25-13-12-23-10-11-24(28-18-37-19-34-28)14-26(23)29(25)36-17-22-8-6-21(7-9-22)15-31(5,32)33/h6-14,18-19,27H,15-17H2,1-5H3. The zero-order valence-electron chi connectivity index (χ0n) is 22.0. The SMILES string of the molecule is CC(=O)C(CC(C)(C)C)c1ccc2ccc(-c3cscn3)cc2c1OCc1ccc(CC(C)(F)F)cc1. The Bertz CT molecular complexity index is 1370. The largest absolute Gasteiger partial charge is 0.488 e. The van der Waals surface area contributed by atoms with Crippen LogP contribution in [0.4, 0.5) is 8.78 Å². The van der Waals surface area contributed by atoms with E-state index in [1.54, 1.807) is 35.9 Å². The van der Waals surface area contributed by atoms with E-state index in [9.17, 15) is 13.6 Å². The van der Waals surface area contributed by atoms with E-state index in [4.69, 9.17) is 4.74 Å². The number of halogens is 2. The van der Waals surface area contributed by atoms with E-state index >= 15 is 0 Å². The summed E-state index contributed by atoms with van der Waals surface area (Å²) in [5.41, 5.74) is 5.95. The van der Waals surface area contributed by atoms with Gasteiger partial charge in [0.15, 0.2) is 0 Å². The van der Waals surface area contributed by atoms with Crippen LogP contribution >= 0.6 is 11.3 Å². The number of rotatable bonds is 9. The summed E-state index contributed by atoms with van der Waals surface area (Å²) in [6, 6.07) is 17.3. The van der Waals surface area contributed by atoms with Crippen molar-refractivity contribution in [1.82, 2.24) is 4.98 Å². The normalized spacial score (nSPS) is 13.1. The van der Waals surface area contributed by atoms with Crippen LogP contribution in [0.1, 0.15) is 63.6 Å². The van der Waals surface area contributed by atoms with Crippen molar-refractivity contribution >= 4 is 27.9 Å². The lowest BCUT2D eigenvalue weighted by Gasteiger charge is -2.27. The summed E-state index contributed by atoms with van der Waals surface area (Å²) in [5, 5.41) is 3.94. The van der Waals surface area contributed by atoms with Gasteiger partial charge in [0, 0.05) is 34.2 Å². The number of ketones is 1. The maximum atomic E-state index is 13.4. The Hall–Kier alpha value is -3.12. The third-order valence-corrected chi connectivity index (χ3v) is 6.92. The van der Waals surface area contributed by atoms with E-state index < -0.39 is 5.92 Å². The molecule has 0 aliphatic carbocycles. The summed E-state index contributed by atoms with van der Waals surface area (Å²) >= 11 is 1.54. The molecule has 1 atom stereocenters.